The van der Waals surface area contributed by atoms with Gasteiger partial charge in [0.2, 0.25) is 0 Å². The maximum atomic E-state index is 13.6. The molecular weight excluding hydrogens is 269 g/mol. The molecule has 0 aromatic heterocycles. The highest BCUT2D eigenvalue weighted by atomic mass is 19.1. The maximum absolute atomic E-state index is 13.6. The van der Waals surface area contributed by atoms with Crippen LogP contribution in [0.15, 0.2) is 48.5 Å². The zero-order valence-corrected chi connectivity index (χ0v) is 12.1. The van der Waals surface area contributed by atoms with E-state index in [0.717, 1.165) is 11.3 Å². The Morgan fingerprint density at radius 2 is 1.90 bits per heavy atom. The Hall–Kier alpha value is -2.07. The minimum Gasteiger partial charge on any atom is -0.494 e. The molecule has 0 aliphatic carbocycles. The summed E-state index contributed by atoms with van der Waals surface area (Å²) in [6.07, 6.45) is 1.32. The molecule has 0 spiro atoms. The molecule has 0 radical (unpaired) electrons. The van der Waals surface area contributed by atoms with Gasteiger partial charge in [-0.15, -0.1) is 0 Å². The van der Waals surface area contributed by atoms with Gasteiger partial charge in [-0.3, -0.25) is 0 Å². The van der Waals surface area contributed by atoms with Crippen LogP contribution in [0.1, 0.15) is 12.0 Å². The summed E-state index contributed by atoms with van der Waals surface area (Å²) >= 11 is 0. The number of ether oxygens (including phenoxy) is 2. The third-order valence-electron chi connectivity index (χ3n) is 3.21. The van der Waals surface area contributed by atoms with Crippen molar-refractivity contribution in [2.45, 2.75) is 18.9 Å². The van der Waals surface area contributed by atoms with Gasteiger partial charge in [-0.2, -0.15) is 0 Å². The minimum absolute atomic E-state index is 0.0680. The second-order valence-corrected chi connectivity index (χ2v) is 4.88. The summed E-state index contributed by atoms with van der Waals surface area (Å²) in [5, 5.41) is 0. The third-order valence-corrected chi connectivity index (χ3v) is 3.21. The van der Waals surface area contributed by atoms with E-state index < -0.39 is 0 Å². The van der Waals surface area contributed by atoms with Gasteiger partial charge < -0.3 is 15.2 Å². The summed E-state index contributed by atoms with van der Waals surface area (Å²) in [4.78, 5) is 0. The van der Waals surface area contributed by atoms with E-state index >= 15 is 0 Å². The predicted octanol–water partition coefficient (Wildman–Crippen LogP) is 3.17. The Bertz CT molecular complexity index is 560. The highest BCUT2D eigenvalue weighted by Gasteiger charge is 2.08. The molecule has 0 amide bonds. The molecule has 0 heterocycles. The first kappa shape index (κ1) is 15.3. The fourth-order valence-electron chi connectivity index (χ4n) is 2.09. The molecule has 2 aromatic carbocycles. The molecule has 112 valence electrons. The SMILES string of the molecule is COc1ccc(CC(N)CCOc2ccccc2)cc1F. The Morgan fingerprint density at radius 3 is 2.57 bits per heavy atom. The fraction of sp³-hybridized carbons (Fsp3) is 0.294. The predicted molar refractivity (Wildman–Crippen MR) is 81.2 cm³/mol. The molecule has 1 unspecified atom stereocenters. The fourth-order valence-corrected chi connectivity index (χ4v) is 2.09. The largest absolute Gasteiger partial charge is 0.494 e. The first-order chi connectivity index (χ1) is 10.2. The first-order valence-corrected chi connectivity index (χ1v) is 6.95. The average Bonchev–Trinajstić information content (AvgIpc) is 2.48. The maximum Gasteiger partial charge on any atom is 0.165 e. The van der Waals surface area contributed by atoms with Gasteiger partial charge in [0.1, 0.15) is 5.75 Å². The van der Waals surface area contributed by atoms with E-state index in [2.05, 4.69) is 0 Å². The summed E-state index contributed by atoms with van der Waals surface area (Å²) in [7, 11) is 1.45. The number of hydrogen-bond donors (Lipinski definition) is 1. The number of methoxy groups -OCH3 is 1. The van der Waals surface area contributed by atoms with E-state index in [-0.39, 0.29) is 17.6 Å². The van der Waals surface area contributed by atoms with Crippen molar-refractivity contribution in [1.82, 2.24) is 0 Å². The lowest BCUT2D eigenvalue weighted by Gasteiger charge is -2.13. The molecule has 1 atom stereocenters. The van der Waals surface area contributed by atoms with Gasteiger partial charge in [0.05, 0.1) is 13.7 Å². The van der Waals surface area contributed by atoms with Crippen LogP contribution >= 0.6 is 0 Å². The van der Waals surface area contributed by atoms with Gasteiger partial charge in [0.25, 0.3) is 0 Å². The van der Waals surface area contributed by atoms with Crippen LogP contribution in [-0.4, -0.2) is 19.8 Å². The number of para-hydroxylation sites is 1. The van der Waals surface area contributed by atoms with Crippen molar-refractivity contribution in [2.75, 3.05) is 13.7 Å². The Labute approximate surface area is 124 Å². The van der Waals surface area contributed by atoms with Gasteiger partial charge in [-0.25, -0.2) is 4.39 Å². The summed E-state index contributed by atoms with van der Waals surface area (Å²) < 4.78 is 24.1. The molecule has 0 saturated carbocycles. The van der Waals surface area contributed by atoms with Gasteiger partial charge >= 0.3 is 0 Å². The average molecular weight is 289 g/mol. The highest BCUT2D eigenvalue weighted by molar-refractivity contribution is 5.29. The molecule has 0 saturated heterocycles. The van der Waals surface area contributed by atoms with Crippen LogP contribution < -0.4 is 15.2 Å². The van der Waals surface area contributed by atoms with E-state index in [1.165, 1.54) is 13.2 Å². The normalized spacial score (nSPS) is 12.0. The van der Waals surface area contributed by atoms with Crippen LogP contribution in [0.25, 0.3) is 0 Å². The molecule has 3 nitrogen and oxygen atoms in total. The molecule has 0 bridgehead atoms. The summed E-state index contributed by atoms with van der Waals surface area (Å²) in [5.41, 5.74) is 6.92. The summed E-state index contributed by atoms with van der Waals surface area (Å²) in [6.45, 7) is 0.545. The summed E-state index contributed by atoms with van der Waals surface area (Å²) in [5.74, 6) is 0.725. The summed E-state index contributed by atoms with van der Waals surface area (Å²) in [6, 6.07) is 14.5. The van der Waals surface area contributed by atoms with E-state index in [4.69, 9.17) is 15.2 Å². The zero-order valence-electron chi connectivity index (χ0n) is 12.1. The van der Waals surface area contributed by atoms with Crippen molar-refractivity contribution in [3.05, 3.63) is 59.9 Å². The highest BCUT2D eigenvalue weighted by Crippen LogP contribution is 2.18. The van der Waals surface area contributed by atoms with Crippen molar-refractivity contribution >= 4 is 0 Å². The van der Waals surface area contributed by atoms with Gasteiger partial charge in [-0.05, 0) is 42.7 Å². The van der Waals surface area contributed by atoms with Gasteiger partial charge in [0, 0.05) is 6.04 Å². The van der Waals surface area contributed by atoms with Gasteiger partial charge in [0.15, 0.2) is 11.6 Å². The van der Waals surface area contributed by atoms with Crippen molar-refractivity contribution in [2.24, 2.45) is 5.73 Å². The van der Waals surface area contributed by atoms with Crippen LogP contribution in [0.2, 0.25) is 0 Å². The third kappa shape index (κ3) is 4.76. The van der Waals surface area contributed by atoms with Crippen LogP contribution in [-0.2, 0) is 6.42 Å². The minimum atomic E-state index is -0.359. The lowest BCUT2D eigenvalue weighted by Crippen LogP contribution is -2.25. The Kier molecular flexibility index (Phi) is 5.58. The van der Waals surface area contributed by atoms with Crippen LogP contribution in [0, 0.1) is 5.82 Å². The standard InChI is InChI=1S/C17H20FNO2/c1-20-17-8-7-13(12-16(17)18)11-14(19)9-10-21-15-5-3-2-4-6-15/h2-8,12,14H,9-11,19H2,1H3. The van der Waals surface area contributed by atoms with Crippen molar-refractivity contribution in [1.29, 1.82) is 0 Å². The van der Waals surface area contributed by atoms with Crippen molar-refractivity contribution in [3.63, 3.8) is 0 Å². The quantitative estimate of drug-likeness (QED) is 0.851. The molecule has 4 heteroatoms. The number of benzene rings is 2. The lowest BCUT2D eigenvalue weighted by molar-refractivity contribution is 0.297. The molecule has 0 aliphatic rings. The lowest BCUT2D eigenvalue weighted by atomic mass is 10.0. The van der Waals surface area contributed by atoms with E-state index in [1.807, 2.05) is 36.4 Å². The zero-order chi connectivity index (χ0) is 15.1. The van der Waals surface area contributed by atoms with Crippen molar-refractivity contribution < 1.29 is 13.9 Å². The van der Waals surface area contributed by atoms with Crippen LogP contribution in [0.4, 0.5) is 4.39 Å². The number of halogens is 1. The molecule has 2 aromatic rings. The van der Waals surface area contributed by atoms with E-state index in [9.17, 15) is 4.39 Å². The first-order valence-electron chi connectivity index (χ1n) is 6.95. The van der Waals surface area contributed by atoms with Crippen LogP contribution in [0.5, 0.6) is 11.5 Å². The smallest absolute Gasteiger partial charge is 0.165 e. The molecular formula is C17H20FNO2. The second kappa shape index (κ2) is 7.64. The molecule has 21 heavy (non-hydrogen) atoms. The number of nitrogens with two attached hydrogens (primary N) is 1. The number of hydrogen-bond acceptors (Lipinski definition) is 3. The van der Waals surface area contributed by atoms with Crippen LogP contribution in [0.3, 0.4) is 0 Å². The molecule has 0 fully saturated rings. The Morgan fingerprint density at radius 1 is 1.14 bits per heavy atom. The van der Waals surface area contributed by atoms with Crippen molar-refractivity contribution in [3.8, 4) is 11.5 Å². The topological polar surface area (TPSA) is 44.5 Å². The Balaban J connectivity index is 1.79. The van der Waals surface area contributed by atoms with E-state index in [1.54, 1.807) is 6.07 Å². The molecule has 2 N–H and O–H groups in total. The van der Waals surface area contributed by atoms with Gasteiger partial charge in [-0.1, -0.05) is 24.3 Å². The molecule has 2 rings (SSSR count). The second-order valence-electron chi connectivity index (χ2n) is 4.88. The molecule has 0 aliphatic heterocycles. The van der Waals surface area contributed by atoms with E-state index in [0.29, 0.717) is 19.4 Å². The monoisotopic (exact) mass is 289 g/mol. The number of rotatable bonds is 7.